The van der Waals surface area contributed by atoms with E-state index in [-0.39, 0.29) is 11.2 Å². The molecule has 2 aromatic carbocycles. The molecule has 0 aliphatic carbocycles. The molecule has 0 bridgehead atoms. The number of amides is 1. The van der Waals surface area contributed by atoms with Crippen LogP contribution in [-0.2, 0) is 17.9 Å². The summed E-state index contributed by atoms with van der Waals surface area (Å²) in [6.45, 7) is 5.20. The fraction of sp³-hybridized carbons (Fsp3) is 0.185. The summed E-state index contributed by atoms with van der Waals surface area (Å²) in [5, 5.41) is 15.5. The van der Waals surface area contributed by atoms with Crippen molar-refractivity contribution < 1.29 is 4.79 Å². The Morgan fingerprint density at radius 1 is 1.06 bits per heavy atom. The second kappa shape index (κ2) is 10.4. The Morgan fingerprint density at radius 2 is 1.86 bits per heavy atom. The molecule has 8 heteroatoms. The number of carbonyl (C=O) groups excluding carboxylic acids is 1. The molecule has 1 amide bonds. The molecule has 1 unspecified atom stereocenters. The number of thioether (sulfide) groups is 1. The highest BCUT2D eigenvalue weighted by Crippen LogP contribution is 2.33. The smallest absolute Gasteiger partial charge is 0.233 e. The van der Waals surface area contributed by atoms with Crippen LogP contribution in [0.25, 0.3) is 33.5 Å². The van der Waals surface area contributed by atoms with Crippen molar-refractivity contribution in [1.82, 2.24) is 25.1 Å². The number of nitrogens with one attached hydrogen (secondary N) is 1. The van der Waals surface area contributed by atoms with Crippen LogP contribution < -0.4 is 5.32 Å². The third-order valence-corrected chi connectivity index (χ3v) is 7.68. The molecular weight excluding hydrogens is 474 g/mol. The second-order valence-electron chi connectivity index (χ2n) is 8.05. The molecule has 1 atom stereocenters. The van der Waals surface area contributed by atoms with Crippen LogP contribution >= 0.6 is 23.1 Å². The maximum absolute atomic E-state index is 12.7. The van der Waals surface area contributed by atoms with Gasteiger partial charge in [-0.3, -0.25) is 4.79 Å². The summed E-state index contributed by atoms with van der Waals surface area (Å²) in [4.78, 5) is 18.7. The van der Waals surface area contributed by atoms with Gasteiger partial charge in [0.25, 0.3) is 0 Å². The molecule has 5 aromatic rings. The standard InChI is InChI=1S/C27H25N5OS2/c1-3-32-25(30-31-27(32)35-18(2)26(33)28-17-20-12-9-15-34-20)22-16-24(19-10-5-4-6-11-19)29-23-14-8-7-13-21(22)23/h4-16,18H,3,17H2,1-2H3,(H,28,33). The van der Waals surface area contributed by atoms with Gasteiger partial charge in [-0.15, -0.1) is 21.5 Å². The van der Waals surface area contributed by atoms with Crippen LogP contribution in [0.3, 0.4) is 0 Å². The second-order valence-corrected chi connectivity index (χ2v) is 10.4. The monoisotopic (exact) mass is 499 g/mol. The lowest BCUT2D eigenvalue weighted by molar-refractivity contribution is -0.120. The molecule has 0 radical (unpaired) electrons. The first-order valence-corrected chi connectivity index (χ1v) is 13.3. The van der Waals surface area contributed by atoms with Crippen molar-refractivity contribution in [3.8, 4) is 22.6 Å². The highest BCUT2D eigenvalue weighted by atomic mass is 32.2. The largest absolute Gasteiger partial charge is 0.350 e. The van der Waals surface area contributed by atoms with E-state index in [0.29, 0.717) is 13.1 Å². The summed E-state index contributed by atoms with van der Waals surface area (Å²) < 4.78 is 2.07. The zero-order chi connectivity index (χ0) is 24.2. The number of thiophene rings is 1. The van der Waals surface area contributed by atoms with Gasteiger partial charge in [-0.2, -0.15) is 0 Å². The minimum atomic E-state index is -0.300. The van der Waals surface area contributed by atoms with E-state index < -0.39 is 0 Å². The summed E-state index contributed by atoms with van der Waals surface area (Å²) in [5.74, 6) is 0.758. The van der Waals surface area contributed by atoms with Gasteiger partial charge in [-0.25, -0.2) is 4.98 Å². The molecule has 35 heavy (non-hydrogen) atoms. The summed E-state index contributed by atoms with van der Waals surface area (Å²) in [6, 6.07) is 24.3. The Bertz CT molecular complexity index is 1450. The summed E-state index contributed by atoms with van der Waals surface area (Å²) in [6.07, 6.45) is 0. The predicted octanol–water partition coefficient (Wildman–Crippen LogP) is 6.04. The summed E-state index contributed by atoms with van der Waals surface area (Å²) in [5.41, 5.74) is 3.82. The van der Waals surface area contributed by atoms with Gasteiger partial charge in [0.05, 0.1) is 23.0 Å². The predicted molar refractivity (Wildman–Crippen MR) is 143 cm³/mol. The first kappa shape index (κ1) is 23.3. The van der Waals surface area contributed by atoms with Gasteiger partial charge in [0.15, 0.2) is 11.0 Å². The molecule has 0 aliphatic rings. The molecular formula is C27H25N5OS2. The molecule has 176 valence electrons. The van der Waals surface area contributed by atoms with Crippen LogP contribution in [0, 0.1) is 0 Å². The number of rotatable bonds is 8. The van der Waals surface area contributed by atoms with Crippen molar-refractivity contribution in [1.29, 1.82) is 0 Å². The van der Waals surface area contributed by atoms with E-state index in [1.165, 1.54) is 11.8 Å². The van der Waals surface area contributed by atoms with E-state index >= 15 is 0 Å². The molecule has 0 saturated heterocycles. The molecule has 6 nitrogen and oxygen atoms in total. The van der Waals surface area contributed by atoms with Gasteiger partial charge >= 0.3 is 0 Å². The molecule has 0 fully saturated rings. The van der Waals surface area contributed by atoms with Crippen LogP contribution in [0.1, 0.15) is 18.7 Å². The Labute approximate surface area is 212 Å². The molecule has 3 heterocycles. The van der Waals surface area contributed by atoms with Gasteiger partial charge in [-0.1, -0.05) is 66.4 Å². The average molecular weight is 500 g/mol. The fourth-order valence-corrected chi connectivity index (χ4v) is 5.50. The Hall–Kier alpha value is -3.49. The third-order valence-electron chi connectivity index (χ3n) is 5.73. The molecule has 5 rings (SSSR count). The van der Waals surface area contributed by atoms with E-state index in [9.17, 15) is 4.79 Å². The lowest BCUT2D eigenvalue weighted by Gasteiger charge is -2.14. The fourth-order valence-electron chi connectivity index (χ4n) is 3.92. The summed E-state index contributed by atoms with van der Waals surface area (Å²) in [7, 11) is 0. The SMILES string of the molecule is CCn1c(SC(C)C(=O)NCc2cccs2)nnc1-c1cc(-c2ccccc2)nc2ccccc12. The first-order chi connectivity index (χ1) is 17.1. The summed E-state index contributed by atoms with van der Waals surface area (Å²) >= 11 is 3.06. The number of benzene rings is 2. The zero-order valence-electron chi connectivity index (χ0n) is 19.5. The molecule has 1 N–H and O–H groups in total. The number of nitrogens with zero attached hydrogens (tertiary/aromatic N) is 4. The number of para-hydroxylation sites is 1. The first-order valence-electron chi connectivity index (χ1n) is 11.5. The van der Waals surface area contributed by atoms with Crippen LogP contribution in [0.2, 0.25) is 0 Å². The van der Waals surface area contributed by atoms with Crippen molar-refractivity contribution >= 4 is 39.9 Å². The number of carbonyl (C=O) groups is 1. The van der Waals surface area contributed by atoms with Crippen LogP contribution in [0.15, 0.2) is 83.3 Å². The zero-order valence-corrected chi connectivity index (χ0v) is 21.1. The normalized spacial score (nSPS) is 12.1. The van der Waals surface area contributed by atoms with E-state index in [1.807, 2.05) is 60.8 Å². The number of pyridine rings is 1. The van der Waals surface area contributed by atoms with Crippen molar-refractivity contribution in [2.24, 2.45) is 0 Å². The van der Waals surface area contributed by atoms with E-state index in [2.05, 4.69) is 51.3 Å². The highest BCUT2D eigenvalue weighted by Gasteiger charge is 2.22. The number of hydrogen-bond donors (Lipinski definition) is 1. The molecule has 3 aromatic heterocycles. The lowest BCUT2D eigenvalue weighted by Crippen LogP contribution is -2.30. The quantitative estimate of drug-likeness (QED) is 0.264. The van der Waals surface area contributed by atoms with Crippen molar-refractivity contribution in [3.05, 3.63) is 83.1 Å². The third kappa shape index (κ3) is 4.99. The Kier molecular flexibility index (Phi) is 6.92. The average Bonchev–Trinajstić information content (AvgIpc) is 3.57. The van der Waals surface area contributed by atoms with Crippen molar-refractivity contribution in [2.45, 2.75) is 37.3 Å². The number of aromatic nitrogens is 4. The van der Waals surface area contributed by atoms with Gasteiger partial charge in [-0.05, 0) is 37.4 Å². The van der Waals surface area contributed by atoms with Crippen LogP contribution in [0.4, 0.5) is 0 Å². The van der Waals surface area contributed by atoms with Crippen molar-refractivity contribution in [3.63, 3.8) is 0 Å². The van der Waals surface area contributed by atoms with Crippen LogP contribution in [0.5, 0.6) is 0 Å². The Morgan fingerprint density at radius 3 is 2.63 bits per heavy atom. The molecule has 0 saturated carbocycles. The Balaban J connectivity index is 1.46. The number of fused-ring (bicyclic) bond motifs is 1. The minimum absolute atomic E-state index is 0.0173. The molecule has 0 aliphatic heterocycles. The van der Waals surface area contributed by atoms with Crippen molar-refractivity contribution in [2.75, 3.05) is 0 Å². The lowest BCUT2D eigenvalue weighted by atomic mass is 10.0. The maximum Gasteiger partial charge on any atom is 0.233 e. The number of hydrogen-bond acceptors (Lipinski definition) is 6. The van der Waals surface area contributed by atoms with Crippen LogP contribution in [-0.4, -0.2) is 30.9 Å². The maximum atomic E-state index is 12.7. The van der Waals surface area contributed by atoms with E-state index in [4.69, 9.17) is 4.98 Å². The molecule has 0 spiro atoms. The van der Waals surface area contributed by atoms with Gasteiger partial charge < -0.3 is 9.88 Å². The van der Waals surface area contributed by atoms with Gasteiger partial charge in [0.2, 0.25) is 5.91 Å². The van der Waals surface area contributed by atoms with E-state index in [0.717, 1.165) is 43.6 Å². The van der Waals surface area contributed by atoms with E-state index in [1.54, 1.807) is 11.3 Å². The minimum Gasteiger partial charge on any atom is -0.350 e. The highest BCUT2D eigenvalue weighted by molar-refractivity contribution is 8.00. The van der Waals surface area contributed by atoms with Gasteiger partial charge in [0.1, 0.15) is 0 Å². The van der Waals surface area contributed by atoms with Gasteiger partial charge in [0, 0.05) is 27.9 Å². The topological polar surface area (TPSA) is 72.7 Å².